The number of anilines is 1. The van der Waals surface area contributed by atoms with E-state index in [1.807, 2.05) is 21.9 Å². The highest BCUT2D eigenvalue weighted by atomic mass is 16.2. The number of fused-ring (bicyclic) bond motifs is 1. The summed E-state index contributed by atoms with van der Waals surface area (Å²) in [7, 11) is 4.16. The van der Waals surface area contributed by atoms with Gasteiger partial charge in [0, 0.05) is 31.4 Å². The molecule has 0 radical (unpaired) electrons. The van der Waals surface area contributed by atoms with Crippen molar-refractivity contribution in [2.45, 2.75) is 25.0 Å². The van der Waals surface area contributed by atoms with Crippen LogP contribution >= 0.6 is 0 Å². The molecule has 0 bridgehead atoms. The molecule has 0 aliphatic carbocycles. The molecule has 0 aromatic heterocycles. The third-order valence-corrected chi connectivity index (χ3v) is 5.44. The molecule has 5 heteroatoms. The van der Waals surface area contributed by atoms with Crippen LogP contribution in [-0.2, 0) is 6.54 Å². The van der Waals surface area contributed by atoms with E-state index in [-0.39, 0.29) is 18.1 Å². The Bertz CT molecular complexity index is 802. The van der Waals surface area contributed by atoms with E-state index < -0.39 is 0 Å². The molecule has 0 unspecified atom stereocenters. The van der Waals surface area contributed by atoms with E-state index in [0.717, 1.165) is 25.2 Å². The van der Waals surface area contributed by atoms with E-state index in [1.165, 1.54) is 16.7 Å². The summed E-state index contributed by atoms with van der Waals surface area (Å²) in [6.07, 6.45) is 0.909. The van der Waals surface area contributed by atoms with E-state index in [1.54, 1.807) is 0 Å². The van der Waals surface area contributed by atoms with Gasteiger partial charge >= 0.3 is 6.03 Å². The van der Waals surface area contributed by atoms with E-state index in [4.69, 9.17) is 5.73 Å². The lowest BCUT2D eigenvalue weighted by atomic mass is 9.99. The molecule has 0 spiro atoms. The molecule has 4 rings (SSSR count). The summed E-state index contributed by atoms with van der Waals surface area (Å²) in [5.41, 5.74) is 10.8. The van der Waals surface area contributed by atoms with Crippen molar-refractivity contribution in [2.24, 2.45) is 5.73 Å². The van der Waals surface area contributed by atoms with Gasteiger partial charge in [0.1, 0.15) is 0 Å². The molecule has 2 amide bonds. The predicted octanol–water partition coefficient (Wildman–Crippen LogP) is 2.76. The lowest BCUT2D eigenvalue weighted by molar-refractivity contribution is 0.218. The summed E-state index contributed by atoms with van der Waals surface area (Å²) >= 11 is 0. The Morgan fingerprint density at radius 1 is 1.12 bits per heavy atom. The first-order valence-corrected chi connectivity index (χ1v) is 9.21. The Hall–Kier alpha value is -2.37. The van der Waals surface area contributed by atoms with Gasteiger partial charge in [-0.25, -0.2) is 4.79 Å². The first kappa shape index (κ1) is 17.1. The van der Waals surface area contributed by atoms with E-state index in [2.05, 4.69) is 55.4 Å². The maximum absolute atomic E-state index is 12.7. The molecule has 2 aliphatic heterocycles. The molecule has 26 heavy (non-hydrogen) atoms. The van der Waals surface area contributed by atoms with Crippen LogP contribution in [0.15, 0.2) is 48.5 Å². The largest absolute Gasteiger partial charge is 0.326 e. The number of nitrogens with two attached hydrogens (primary N) is 1. The van der Waals surface area contributed by atoms with Crippen molar-refractivity contribution < 1.29 is 4.79 Å². The minimum Gasteiger partial charge on any atom is -0.326 e. The third kappa shape index (κ3) is 2.97. The van der Waals surface area contributed by atoms with Crippen LogP contribution in [0.2, 0.25) is 0 Å². The molecule has 136 valence electrons. The number of carbonyl (C=O) groups is 1. The topological polar surface area (TPSA) is 52.8 Å². The lowest BCUT2D eigenvalue weighted by Crippen LogP contribution is -2.37. The average Bonchev–Trinajstić information content (AvgIpc) is 3.16. The zero-order valence-electron chi connectivity index (χ0n) is 15.4. The zero-order valence-corrected chi connectivity index (χ0v) is 15.4. The molecular weight excluding hydrogens is 324 g/mol. The Balaban J connectivity index is 1.58. The highest BCUT2D eigenvalue weighted by molar-refractivity contribution is 5.95. The van der Waals surface area contributed by atoms with Crippen molar-refractivity contribution in [2.75, 3.05) is 32.1 Å². The van der Waals surface area contributed by atoms with E-state index >= 15 is 0 Å². The number of hydrogen-bond donors (Lipinski definition) is 1. The molecule has 2 aromatic rings. The number of rotatable bonds is 4. The number of carbonyl (C=O) groups excluding carboxylic acids is 1. The Labute approximate surface area is 155 Å². The smallest absolute Gasteiger partial charge is 0.324 e. The van der Waals surface area contributed by atoms with E-state index in [0.29, 0.717) is 6.54 Å². The Kier molecular flexibility index (Phi) is 4.42. The van der Waals surface area contributed by atoms with Crippen molar-refractivity contribution in [3.8, 4) is 11.1 Å². The number of nitrogens with zero attached hydrogens (tertiary/aromatic N) is 3. The van der Waals surface area contributed by atoms with Gasteiger partial charge in [0.15, 0.2) is 0 Å². The number of amides is 2. The first-order valence-electron chi connectivity index (χ1n) is 9.21. The molecule has 2 fully saturated rings. The van der Waals surface area contributed by atoms with Gasteiger partial charge in [0.05, 0.1) is 6.04 Å². The van der Waals surface area contributed by atoms with Gasteiger partial charge in [0.25, 0.3) is 0 Å². The maximum Gasteiger partial charge on any atom is 0.324 e. The maximum atomic E-state index is 12.7. The first-order chi connectivity index (χ1) is 12.5. The van der Waals surface area contributed by atoms with Gasteiger partial charge in [-0.05, 0) is 49.3 Å². The van der Waals surface area contributed by atoms with Crippen molar-refractivity contribution in [3.63, 3.8) is 0 Å². The highest BCUT2D eigenvalue weighted by Crippen LogP contribution is 2.32. The van der Waals surface area contributed by atoms with Crippen molar-refractivity contribution in [1.29, 1.82) is 0 Å². The Morgan fingerprint density at radius 2 is 1.85 bits per heavy atom. The van der Waals surface area contributed by atoms with Gasteiger partial charge in [-0.2, -0.15) is 0 Å². The summed E-state index contributed by atoms with van der Waals surface area (Å²) in [5, 5.41) is 0. The van der Waals surface area contributed by atoms with Crippen LogP contribution in [0.1, 0.15) is 12.0 Å². The summed E-state index contributed by atoms with van der Waals surface area (Å²) in [4.78, 5) is 18.6. The molecule has 2 aromatic carbocycles. The molecule has 0 saturated carbocycles. The predicted molar refractivity (Wildman–Crippen MR) is 105 cm³/mol. The van der Waals surface area contributed by atoms with Crippen LogP contribution in [0.5, 0.6) is 0 Å². The fourth-order valence-corrected chi connectivity index (χ4v) is 4.09. The van der Waals surface area contributed by atoms with Crippen molar-refractivity contribution >= 4 is 11.7 Å². The van der Waals surface area contributed by atoms with Crippen LogP contribution in [0.25, 0.3) is 11.1 Å². The number of hydrogen-bond acceptors (Lipinski definition) is 3. The standard InChI is InChI=1S/C21H26N4O/c1-23(2)13-16-5-3-4-6-18(16)15-7-9-17(10-8-15)25-14-20-19(22)11-12-24(20)21(25)26/h3-10,19-20H,11-14,22H2,1-2H3/t19-,20-/m1/s1. The minimum atomic E-state index is 0.0868. The summed E-state index contributed by atoms with van der Waals surface area (Å²) in [6, 6.07) is 17.1. The molecule has 2 heterocycles. The van der Waals surface area contributed by atoms with Crippen LogP contribution in [0.3, 0.4) is 0 Å². The molecule has 2 saturated heterocycles. The van der Waals surface area contributed by atoms with Crippen molar-refractivity contribution in [1.82, 2.24) is 9.80 Å². The fraction of sp³-hybridized carbons (Fsp3) is 0.381. The third-order valence-electron chi connectivity index (χ3n) is 5.44. The quantitative estimate of drug-likeness (QED) is 0.922. The van der Waals surface area contributed by atoms with Crippen LogP contribution < -0.4 is 10.6 Å². The van der Waals surface area contributed by atoms with Gasteiger partial charge in [0.2, 0.25) is 0 Å². The van der Waals surface area contributed by atoms with Crippen LogP contribution in [0, 0.1) is 0 Å². The van der Waals surface area contributed by atoms with Crippen LogP contribution in [0.4, 0.5) is 10.5 Å². The second kappa shape index (κ2) is 6.74. The number of benzene rings is 2. The molecule has 2 atom stereocenters. The summed E-state index contributed by atoms with van der Waals surface area (Å²) in [6.45, 7) is 2.37. The van der Waals surface area contributed by atoms with E-state index in [9.17, 15) is 4.79 Å². The van der Waals surface area contributed by atoms with Crippen LogP contribution in [-0.4, -0.2) is 55.1 Å². The zero-order chi connectivity index (χ0) is 18.3. The molecular formula is C21H26N4O. The summed E-state index contributed by atoms with van der Waals surface area (Å²) < 4.78 is 0. The van der Waals surface area contributed by atoms with Crippen molar-refractivity contribution in [3.05, 3.63) is 54.1 Å². The molecule has 2 N–H and O–H groups in total. The Morgan fingerprint density at radius 3 is 2.54 bits per heavy atom. The minimum absolute atomic E-state index is 0.0868. The second-order valence-corrected chi connectivity index (χ2v) is 7.55. The van der Waals surface area contributed by atoms with Gasteiger partial charge in [-0.15, -0.1) is 0 Å². The molecule has 2 aliphatic rings. The molecule has 5 nitrogen and oxygen atoms in total. The lowest BCUT2D eigenvalue weighted by Gasteiger charge is -2.18. The second-order valence-electron chi connectivity index (χ2n) is 7.55. The highest BCUT2D eigenvalue weighted by Gasteiger charge is 2.44. The average molecular weight is 350 g/mol. The van der Waals surface area contributed by atoms with Gasteiger partial charge < -0.3 is 15.5 Å². The van der Waals surface area contributed by atoms with Gasteiger partial charge in [-0.3, -0.25) is 4.90 Å². The number of urea groups is 1. The summed E-state index contributed by atoms with van der Waals surface area (Å²) in [5.74, 6) is 0. The normalized spacial score (nSPS) is 22.4. The fourth-order valence-electron chi connectivity index (χ4n) is 4.09. The SMILES string of the molecule is CN(C)Cc1ccccc1-c1ccc(N2C[C@@H]3[C@H](N)CCN3C2=O)cc1. The van der Waals surface area contributed by atoms with Gasteiger partial charge in [-0.1, -0.05) is 36.4 Å². The monoisotopic (exact) mass is 350 g/mol.